The first-order valence-electron chi connectivity index (χ1n) is 8.38. The lowest BCUT2D eigenvalue weighted by molar-refractivity contribution is 0.550. The van der Waals surface area contributed by atoms with E-state index >= 15 is 0 Å². The van der Waals surface area contributed by atoms with Crippen LogP contribution >= 0.6 is 11.6 Å². The number of nitrogens with zero attached hydrogens (tertiary/aromatic N) is 1. The molecule has 0 spiro atoms. The van der Waals surface area contributed by atoms with Crippen molar-refractivity contribution in [3.05, 3.63) is 30.1 Å². The number of rotatable bonds is 13. The summed E-state index contributed by atoms with van der Waals surface area (Å²) in [6.45, 7) is 0. The Morgan fingerprint density at radius 1 is 0.750 bits per heavy atom. The van der Waals surface area contributed by atoms with Gasteiger partial charge < -0.3 is 0 Å². The molecule has 1 rings (SSSR count). The summed E-state index contributed by atoms with van der Waals surface area (Å²) in [5.74, 6) is 0.832. The normalized spacial score (nSPS) is 10.8. The average Bonchev–Trinajstić information content (AvgIpc) is 2.49. The van der Waals surface area contributed by atoms with Gasteiger partial charge in [0.1, 0.15) is 0 Å². The summed E-state index contributed by atoms with van der Waals surface area (Å²) in [5.41, 5.74) is 1.38. The molecule has 0 N–H and O–H groups in total. The molecule has 0 saturated carbocycles. The third-order valence-corrected chi connectivity index (χ3v) is 4.09. The lowest BCUT2D eigenvalue weighted by Crippen LogP contribution is -1.87. The van der Waals surface area contributed by atoms with Gasteiger partial charge in [0.2, 0.25) is 0 Å². The number of aromatic nitrogens is 1. The highest BCUT2D eigenvalue weighted by atomic mass is 35.5. The second kappa shape index (κ2) is 13.4. The number of pyridine rings is 1. The quantitative estimate of drug-likeness (QED) is 0.314. The van der Waals surface area contributed by atoms with Crippen molar-refractivity contribution >= 4 is 11.6 Å². The van der Waals surface area contributed by atoms with Crippen LogP contribution in [0.1, 0.15) is 76.2 Å². The smallest absolute Gasteiger partial charge is 0.0299 e. The minimum Gasteiger partial charge on any atom is -0.264 e. The number of halogens is 1. The summed E-state index contributed by atoms with van der Waals surface area (Å²) in [4.78, 5) is 4.15. The molecule has 114 valence electrons. The molecule has 0 aromatic carbocycles. The van der Waals surface area contributed by atoms with Crippen LogP contribution in [0.3, 0.4) is 0 Å². The zero-order chi connectivity index (χ0) is 14.3. The first-order chi connectivity index (χ1) is 9.93. The molecule has 0 saturated heterocycles. The Hall–Kier alpha value is -0.560. The zero-order valence-corrected chi connectivity index (χ0v) is 13.6. The molecule has 0 atom stereocenters. The molecule has 2 heteroatoms. The van der Waals surface area contributed by atoms with Gasteiger partial charge in [-0.1, -0.05) is 63.9 Å². The van der Waals surface area contributed by atoms with Crippen molar-refractivity contribution < 1.29 is 0 Å². The molecule has 0 radical (unpaired) electrons. The van der Waals surface area contributed by atoms with Crippen molar-refractivity contribution in [2.45, 2.75) is 77.0 Å². The molecule has 0 fully saturated rings. The number of hydrogen-bond acceptors (Lipinski definition) is 1. The SMILES string of the molecule is ClCCCCCCCCCCCCCc1cccnc1. The van der Waals surface area contributed by atoms with Crippen LogP contribution in [-0.4, -0.2) is 10.9 Å². The van der Waals surface area contributed by atoms with Gasteiger partial charge in [0.15, 0.2) is 0 Å². The standard InChI is InChI=1S/C18H30ClN/c19-15-11-9-7-5-3-1-2-4-6-8-10-13-18-14-12-16-20-17-18/h12,14,16-17H,1-11,13,15H2. The van der Waals surface area contributed by atoms with E-state index in [0.717, 1.165) is 5.88 Å². The molecule has 0 aliphatic rings. The van der Waals surface area contributed by atoms with Gasteiger partial charge in [-0.15, -0.1) is 11.6 Å². The van der Waals surface area contributed by atoms with Crippen molar-refractivity contribution in [3.63, 3.8) is 0 Å². The molecular weight excluding hydrogens is 266 g/mol. The van der Waals surface area contributed by atoms with Gasteiger partial charge in [0, 0.05) is 18.3 Å². The molecular formula is C18H30ClN. The summed E-state index contributed by atoms with van der Waals surface area (Å²) in [7, 11) is 0. The van der Waals surface area contributed by atoms with Crippen molar-refractivity contribution in [1.82, 2.24) is 4.98 Å². The van der Waals surface area contributed by atoms with Crippen LogP contribution in [0.2, 0.25) is 0 Å². The number of hydrogen-bond donors (Lipinski definition) is 0. The van der Waals surface area contributed by atoms with Crippen LogP contribution in [-0.2, 0) is 6.42 Å². The van der Waals surface area contributed by atoms with E-state index < -0.39 is 0 Å². The van der Waals surface area contributed by atoms with Gasteiger partial charge in [-0.3, -0.25) is 4.98 Å². The molecule has 0 bridgehead atoms. The van der Waals surface area contributed by atoms with Gasteiger partial charge in [-0.05, 0) is 30.9 Å². The molecule has 1 nitrogen and oxygen atoms in total. The Balaban J connectivity index is 1.77. The third kappa shape index (κ3) is 10.3. The predicted octanol–water partition coefficient (Wildman–Crippen LogP) is 6.15. The van der Waals surface area contributed by atoms with E-state index in [1.54, 1.807) is 0 Å². The number of unbranched alkanes of at least 4 members (excludes halogenated alkanes) is 10. The molecule has 0 aliphatic carbocycles. The number of aryl methyl sites for hydroxylation is 1. The average molecular weight is 296 g/mol. The maximum absolute atomic E-state index is 5.66. The van der Waals surface area contributed by atoms with Gasteiger partial charge in [-0.25, -0.2) is 0 Å². The minimum atomic E-state index is 0.832. The highest BCUT2D eigenvalue weighted by Crippen LogP contribution is 2.12. The monoisotopic (exact) mass is 295 g/mol. The van der Waals surface area contributed by atoms with E-state index in [0.29, 0.717) is 0 Å². The van der Waals surface area contributed by atoms with Crippen molar-refractivity contribution in [2.24, 2.45) is 0 Å². The minimum absolute atomic E-state index is 0.832. The second-order valence-electron chi connectivity index (χ2n) is 5.69. The molecule has 1 aromatic rings. The van der Waals surface area contributed by atoms with E-state index in [-0.39, 0.29) is 0 Å². The van der Waals surface area contributed by atoms with E-state index in [4.69, 9.17) is 11.6 Å². The maximum Gasteiger partial charge on any atom is 0.0299 e. The topological polar surface area (TPSA) is 12.9 Å². The number of alkyl halides is 1. The largest absolute Gasteiger partial charge is 0.264 e. The fourth-order valence-electron chi connectivity index (χ4n) is 2.56. The van der Waals surface area contributed by atoms with Crippen molar-refractivity contribution in [2.75, 3.05) is 5.88 Å². The van der Waals surface area contributed by atoms with Gasteiger partial charge >= 0.3 is 0 Å². The molecule has 1 heterocycles. The second-order valence-corrected chi connectivity index (χ2v) is 6.07. The van der Waals surface area contributed by atoms with E-state index in [1.165, 1.54) is 82.6 Å². The Labute approximate surface area is 130 Å². The Morgan fingerprint density at radius 3 is 1.80 bits per heavy atom. The first kappa shape index (κ1) is 17.5. The highest BCUT2D eigenvalue weighted by molar-refractivity contribution is 6.17. The fraction of sp³-hybridized carbons (Fsp3) is 0.722. The van der Waals surface area contributed by atoms with Gasteiger partial charge in [-0.2, -0.15) is 0 Å². The van der Waals surface area contributed by atoms with E-state index in [9.17, 15) is 0 Å². The zero-order valence-electron chi connectivity index (χ0n) is 12.8. The van der Waals surface area contributed by atoms with Crippen LogP contribution in [0.5, 0.6) is 0 Å². The third-order valence-electron chi connectivity index (χ3n) is 3.82. The van der Waals surface area contributed by atoms with Crippen LogP contribution in [0.4, 0.5) is 0 Å². The Kier molecular flexibility index (Phi) is 11.7. The highest BCUT2D eigenvalue weighted by Gasteiger charge is 1.95. The molecule has 20 heavy (non-hydrogen) atoms. The van der Waals surface area contributed by atoms with Crippen LogP contribution < -0.4 is 0 Å². The fourth-order valence-corrected chi connectivity index (χ4v) is 2.75. The predicted molar refractivity (Wildman–Crippen MR) is 89.4 cm³/mol. The van der Waals surface area contributed by atoms with Gasteiger partial charge in [0.25, 0.3) is 0 Å². The summed E-state index contributed by atoms with van der Waals surface area (Å²) in [6, 6.07) is 4.21. The first-order valence-corrected chi connectivity index (χ1v) is 8.92. The van der Waals surface area contributed by atoms with E-state index in [2.05, 4.69) is 11.1 Å². The summed E-state index contributed by atoms with van der Waals surface area (Å²) >= 11 is 5.66. The molecule has 0 unspecified atom stereocenters. The van der Waals surface area contributed by atoms with Crippen LogP contribution in [0.15, 0.2) is 24.5 Å². The lowest BCUT2D eigenvalue weighted by atomic mass is 10.0. The van der Waals surface area contributed by atoms with Crippen molar-refractivity contribution in [1.29, 1.82) is 0 Å². The summed E-state index contributed by atoms with van der Waals surface area (Å²) in [5, 5.41) is 0. The van der Waals surface area contributed by atoms with Crippen LogP contribution in [0, 0.1) is 0 Å². The summed E-state index contributed by atoms with van der Waals surface area (Å²) in [6.07, 6.45) is 20.0. The van der Waals surface area contributed by atoms with Crippen molar-refractivity contribution in [3.8, 4) is 0 Å². The lowest BCUT2D eigenvalue weighted by Gasteiger charge is -2.03. The van der Waals surface area contributed by atoms with Crippen LogP contribution in [0.25, 0.3) is 0 Å². The van der Waals surface area contributed by atoms with Gasteiger partial charge in [0.05, 0.1) is 0 Å². The molecule has 0 aliphatic heterocycles. The maximum atomic E-state index is 5.66. The molecule has 0 amide bonds. The summed E-state index contributed by atoms with van der Waals surface area (Å²) < 4.78 is 0. The molecule has 1 aromatic heterocycles. The Morgan fingerprint density at radius 2 is 1.30 bits per heavy atom. The Bertz CT molecular complexity index is 300. The van der Waals surface area contributed by atoms with E-state index in [1.807, 2.05) is 18.5 Å².